The van der Waals surface area contributed by atoms with Crippen LogP contribution in [0.25, 0.3) is 0 Å². The highest BCUT2D eigenvalue weighted by Crippen LogP contribution is 2.42. The Balaban J connectivity index is 2.94. The number of hydrogen-bond donors (Lipinski definition) is 1. The Hall–Kier alpha value is -0.206. The third-order valence-electron chi connectivity index (χ3n) is 7.50. The predicted octanol–water partition coefficient (Wildman–Crippen LogP) is 7.98. The highest BCUT2D eigenvalue weighted by molar-refractivity contribution is 6.74. The van der Waals surface area contributed by atoms with Crippen LogP contribution in [0.3, 0.4) is 0 Å². The molecular weight excluding hydrogens is 416 g/mol. The Bertz CT molecular complexity index is 569. The van der Waals surface area contributed by atoms with Gasteiger partial charge in [-0.15, -0.1) is 0 Å². The Morgan fingerprint density at radius 2 is 1.39 bits per heavy atom. The van der Waals surface area contributed by atoms with Crippen LogP contribution in [0.1, 0.15) is 87.0 Å². The Morgan fingerprint density at radius 3 is 1.77 bits per heavy atom. The van der Waals surface area contributed by atoms with Crippen LogP contribution >= 0.6 is 0 Å². The summed E-state index contributed by atoms with van der Waals surface area (Å²) in [5.41, 5.74) is 1.45. The van der Waals surface area contributed by atoms with Gasteiger partial charge in [0, 0.05) is 0 Å². The highest BCUT2D eigenvalue weighted by atomic mass is 28.4. The third kappa shape index (κ3) is 9.67. The number of hydrogen-bond acceptors (Lipinski definition) is 3. The Kier molecular flexibility index (Phi) is 10.5. The molecule has 3 atom stereocenters. The van der Waals surface area contributed by atoms with E-state index in [2.05, 4.69) is 86.0 Å². The molecule has 0 aliphatic heterocycles. The summed E-state index contributed by atoms with van der Waals surface area (Å²) in [6.45, 7) is 25.2. The number of rotatable bonds is 9. The van der Waals surface area contributed by atoms with Gasteiger partial charge in [0.15, 0.2) is 16.6 Å². The molecule has 0 aromatic rings. The van der Waals surface area contributed by atoms with Gasteiger partial charge in [0.1, 0.15) is 0 Å². The number of aliphatic hydroxyl groups is 1. The predicted molar refractivity (Wildman–Crippen MR) is 141 cm³/mol. The van der Waals surface area contributed by atoms with Gasteiger partial charge in [-0.2, -0.15) is 0 Å². The molecule has 1 saturated carbocycles. The molecule has 0 aromatic heterocycles. The van der Waals surface area contributed by atoms with Crippen LogP contribution in [0, 0.1) is 0 Å². The topological polar surface area (TPSA) is 38.7 Å². The molecule has 0 saturated heterocycles. The number of aliphatic hydroxyl groups excluding tert-OH is 1. The van der Waals surface area contributed by atoms with Crippen molar-refractivity contribution in [3.63, 3.8) is 0 Å². The lowest BCUT2D eigenvalue weighted by Crippen LogP contribution is -2.48. The monoisotopic (exact) mass is 468 g/mol. The SMILES string of the molecule is C[C@@H](O)CCCC=CC=C1C[C@@H](O[Si](C)(C)C(C)(C)C)C[C@H](O[Si](C)(C)C(C)(C)C)C1. The van der Waals surface area contributed by atoms with Gasteiger partial charge in [0.25, 0.3) is 0 Å². The average Bonchev–Trinajstić information content (AvgIpc) is 2.54. The van der Waals surface area contributed by atoms with Gasteiger partial charge in [0.05, 0.1) is 18.3 Å². The third-order valence-corrected chi connectivity index (χ3v) is 16.6. The van der Waals surface area contributed by atoms with Crippen molar-refractivity contribution in [1.29, 1.82) is 0 Å². The van der Waals surface area contributed by atoms with Gasteiger partial charge in [-0.25, -0.2) is 0 Å². The first-order chi connectivity index (χ1) is 13.9. The van der Waals surface area contributed by atoms with Crippen LogP contribution in [0.5, 0.6) is 0 Å². The summed E-state index contributed by atoms with van der Waals surface area (Å²) in [5.74, 6) is 0. The van der Waals surface area contributed by atoms with E-state index in [-0.39, 0.29) is 28.4 Å². The van der Waals surface area contributed by atoms with Crippen LogP contribution < -0.4 is 0 Å². The minimum absolute atomic E-state index is 0.202. The molecule has 1 N–H and O–H groups in total. The molecule has 182 valence electrons. The molecule has 1 aliphatic rings. The summed E-state index contributed by atoms with van der Waals surface area (Å²) in [7, 11) is -3.64. The van der Waals surface area contributed by atoms with Gasteiger partial charge >= 0.3 is 0 Å². The summed E-state index contributed by atoms with van der Waals surface area (Å²) in [4.78, 5) is 0. The van der Waals surface area contributed by atoms with Crippen molar-refractivity contribution < 1.29 is 14.0 Å². The normalized spacial score (nSPS) is 22.8. The second-order valence-corrected chi connectivity index (χ2v) is 22.2. The van der Waals surface area contributed by atoms with Crippen LogP contribution in [0.2, 0.25) is 36.3 Å². The van der Waals surface area contributed by atoms with Gasteiger partial charge in [-0.3, -0.25) is 0 Å². The summed E-state index contributed by atoms with van der Waals surface area (Å²) in [6.07, 6.45) is 13.0. The second kappa shape index (κ2) is 11.3. The van der Waals surface area contributed by atoms with Crippen molar-refractivity contribution in [2.75, 3.05) is 0 Å². The largest absolute Gasteiger partial charge is 0.414 e. The fourth-order valence-corrected chi connectivity index (χ4v) is 6.19. The molecule has 0 bridgehead atoms. The van der Waals surface area contributed by atoms with Gasteiger partial charge in [-0.1, -0.05) is 65.3 Å². The lowest BCUT2D eigenvalue weighted by Gasteiger charge is -2.45. The summed E-state index contributed by atoms with van der Waals surface area (Å²) >= 11 is 0. The smallest absolute Gasteiger partial charge is 0.192 e. The maximum atomic E-state index is 9.41. The quantitative estimate of drug-likeness (QED) is 0.275. The van der Waals surface area contributed by atoms with E-state index in [1.54, 1.807) is 0 Å². The molecular formula is C26H52O3Si2. The molecule has 0 spiro atoms. The molecule has 1 aliphatic carbocycles. The molecule has 0 aromatic carbocycles. The minimum Gasteiger partial charge on any atom is -0.414 e. The summed E-state index contributed by atoms with van der Waals surface area (Å²) in [6, 6.07) is 0. The zero-order chi connectivity index (χ0) is 24.1. The van der Waals surface area contributed by atoms with Crippen molar-refractivity contribution in [1.82, 2.24) is 0 Å². The van der Waals surface area contributed by atoms with Gasteiger partial charge in [-0.05, 0) is 81.7 Å². The first kappa shape index (κ1) is 28.8. The lowest BCUT2D eigenvalue weighted by atomic mass is 9.90. The minimum atomic E-state index is -1.82. The van der Waals surface area contributed by atoms with Crippen molar-refractivity contribution in [3.8, 4) is 0 Å². The van der Waals surface area contributed by atoms with Crippen LogP contribution in [-0.2, 0) is 8.85 Å². The summed E-state index contributed by atoms with van der Waals surface area (Å²) < 4.78 is 13.7. The first-order valence-corrected chi connectivity index (χ1v) is 18.1. The highest BCUT2D eigenvalue weighted by Gasteiger charge is 2.43. The molecule has 31 heavy (non-hydrogen) atoms. The molecule has 0 unspecified atom stereocenters. The molecule has 3 nitrogen and oxygen atoms in total. The van der Waals surface area contributed by atoms with Gasteiger partial charge < -0.3 is 14.0 Å². The molecule has 0 radical (unpaired) electrons. The number of allylic oxidation sites excluding steroid dienone is 3. The van der Waals surface area contributed by atoms with E-state index in [0.717, 1.165) is 38.5 Å². The Labute approximate surface area is 196 Å². The van der Waals surface area contributed by atoms with E-state index in [0.29, 0.717) is 0 Å². The maximum Gasteiger partial charge on any atom is 0.192 e. The van der Waals surface area contributed by atoms with E-state index >= 15 is 0 Å². The van der Waals surface area contributed by atoms with Crippen LogP contribution in [-0.4, -0.2) is 40.1 Å². The molecule has 5 heteroatoms. The summed E-state index contributed by atoms with van der Waals surface area (Å²) in [5, 5.41) is 9.85. The zero-order valence-corrected chi connectivity index (χ0v) is 24.5. The van der Waals surface area contributed by atoms with E-state index in [1.807, 2.05) is 6.92 Å². The van der Waals surface area contributed by atoms with E-state index < -0.39 is 16.6 Å². The maximum absolute atomic E-state index is 9.41. The fraction of sp³-hybridized carbons (Fsp3) is 0.846. The van der Waals surface area contributed by atoms with Gasteiger partial charge in [0.2, 0.25) is 0 Å². The lowest BCUT2D eigenvalue weighted by molar-refractivity contribution is 0.0725. The van der Waals surface area contributed by atoms with E-state index in [9.17, 15) is 5.11 Å². The first-order valence-electron chi connectivity index (χ1n) is 12.3. The van der Waals surface area contributed by atoms with Crippen molar-refractivity contribution in [3.05, 3.63) is 23.8 Å². The van der Waals surface area contributed by atoms with Crippen LogP contribution in [0.4, 0.5) is 0 Å². The molecule has 1 fully saturated rings. The van der Waals surface area contributed by atoms with Crippen molar-refractivity contribution in [2.45, 2.75) is 142 Å². The molecule has 0 heterocycles. The fourth-order valence-electron chi connectivity index (χ4n) is 3.46. The zero-order valence-electron chi connectivity index (χ0n) is 22.5. The van der Waals surface area contributed by atoms with Crippen molar-refractivity contribution >= 4 is 16.6 Å². The van der Waals surface area contributed by atoms with Crippen LogP contribution in [0.15, 0.2) is 23.8 Å². The van der Waals surface area contributed by atoms with Crippen molar-refractivity contribution in [2.24, 2.45) is 0 Å². The average molecular weight is 469 g/mol. The van der Waals surface area contributed by atoms with E-state index in [4.69, 9.17) is 8.85 Å². The second-order valence-electron chi connectivity index (χ2n) is 12.7. The Morgan fingerprint density at radius 1 is 0.935 bits per heavy atom. The van der Waals surface area contributed by atoms with E-state index in [1.165, 1.54) is 5.57 Å². The number of unbranched alkanes of at least 4 members (excludes halogenated alkanes) is 1. The molecule has 1 rings (SSSR count). The molecule has 0 amide bonds. The standard InChI is InChI=1S/C26H52O3Si2/c1-21(27)16-14-12-13-15-17-22-18-23(28-30(8,9)25(2,3)4)20-24(19-22)29-31(10,11)26(5,6)7/h13,15,17,21,23-24,27H,12,14,16,18-20H2,1-11H3/t21-,23-,24-/m1/s1.